The number of aliphatic hydroxyl groups is 1. The van der Waals surface area contributed by atoms with Gasteiger partial charge < -0.3 is 15.0 Å². The van der Waals surface area contributed by atoms with Crippen molar-refractivity contribution in [2.45, 2.75) is 64.7 Å². The van der Waals surface area contributed by atoms with E-state index in [0.717, 1.165) is 43.1 Å². The number of hydrogen-bond acceptors (Lipinski definition) is 4. The highest BCUT2D eigenvalue weighted by Crippen LogP contribution is 2.29. The van der Waals surface area contributed by atoms with E-state index in [4.69, 9.17) is 11.6 Å². The van der Waals surface area contributed by atoms with Crippen LogP contribution in [0, 0.1) is 6.92 Å². The highest BCUT2D eigenvalue weighted by molar-refractivity contribution is 6.35. The van der Waals surface area contributed by atoms with Crippen LogP contribution < -0.4 is 0 Å². The second kappa shape index (κ2) is 9.58. The molecular formula is C24H37ClN4O. The first-order valence-corrected chi connectivity index (χ1v) is 11.9. The predicted molar refractivity (Wildman–Crippen MR) is 125 cm³/mol. The molecule has 30 heavy (non-hydrogen) atoms. The van der Waals surface area contributed by atoms with Gasteiger partial charge in [0.1, 0.15) is 0 Å². The van der Waals surface area contributed by atoms with Crippen molar-refractivity contribution in [3.05, 3.63) is 34.5 Å². The molecule has 0 amide bonds. The zero-order chi connectivity index (χ0) is 21.3. The Morgan fingerprint density at radius 1 is 1.17 bits per heavy atom. The molecule has 1 aromatic heterocycles. The molecule has 0 bridgehead atoms. The number of piperidine rings is 1. The summed E-state index contributed by atoms with van der Waals surface area (Å²) in [5, 5.41) is 11.7. The number of nitrogens with zero attached hydrogens (tertiary/aromatic N) is 3. The number of aryl methyl sites for hydroxylation is 1. The summed E-state index contributed by atoms with van der Waals surface area (Å²) >= 11 is 6.40. The summed E-state index contributed by atoms with van der Waals surface area (Å²) in [5.41, 5.74) is 3.61. The van der Waals surface area contributed by atoms with E-state index in [0.29, 0.717) is 18.1 Å². The minimum atomic E-state index is 0.265. The number of nitrogens with one attached hydrogen (secondary N) is 1. The molecule has 0 unspecified atom stereocenters. The third-order valence-electron chi connectivity index (χ3n) is 7.30. The standard InChI is InChI=1S/C24H37ClN4O/c1-17(2)28-10-7-19(8-11-28)29-13-12-27(15-20(29)9-14-30)16-23-18(3)21-5-4-6-22(25)24(21)26-23/h4-6,17,19-20,26,30H,7-16H2,1-3H3/t20-/m1/s1. The summed E-state index contributed by atoms with van der Waals surface area (Å²) in [4.78, 5) is 11.4. The van der Waals surface area contributed by atoms with Crippen LogP contribution in [-0.2, 0) is 6.54 Å². The smallest absolute Gasteiger partial charge is 0.0648 e. The first-order valence-electron chi connectivity index (χ1n) is 11.6. The molecule has 2 aromatic rings. The van der Waals surface area contributed by atoms with Gasteiger partial charge in [-0.1, -0.05) is 23.7 Å². The molecular weight excluding hydrogens is 396 g/mol. The molecule has 3 heterocycles. The molecule has 6 heteroatoms. The van der Waals surface area contributed by atoms with E-state index >= 15 is 0 Å². The van der Waals surface area contributed by atoms with Crippen LogP contribution in [0.1, 0.15) is 44.4 Å². The van der Waals surface area contributed by atoms with E-state index in [9.17, 15) is 5.11 Å². The molecule has 0 radical (unpaired) electrons. The summed E-state index contributed by atoms with van der Waals surface area (Å²) in [6, 6.07) is 7.86. The van der Waals surface area contributed by atoms with Crippen LogP contribution >= 0.6 is 11.6 Å². The molecule has 2 N–H and O–H groups in total. The zero-order valence-corrected chi connectivity index (χ0v) is 19.5. The number of rotatable bonds is 6. The van der Waals surface area contributed by atoms with Crippen molar-refractivity contribution in [1.29, 1.82) is 0 Å². The maximum absolute atomic E-state index is 9.72. The van der Waals surface area contributed by atoms with Gasteiger partial charge in [-0.25, -0.2) is 0 Å². The minimum Gasteiger partial charge on any atom is -0.396 e. The zero-order valence-electron chi connectivity index (χ0n) is 18.7. The molecule has 1 atom stereocenters. The lowest BCUT2D eigenvalue weighted by molar-refractivity contribution is -0.000331. The summed E-state index contributed by atoms with van der Waals surface area (Å²) < 4.78 is 0. The average molecular weight is 433 g/mol. The number of H-pyrrole nitrogens is 1. The summed E-state index contributed by atoms with van der Waals surface area (Å²) in [5.74, 6) is 0. The Balaban J connectivity index is 1.42. The number of fused-ring (bicyclic) bond motifs is 1. The van der Waals surface area contributed by atoms with E-state index < -0.39 is 0 Å². The summed E-state index contributed by atoms with van der Waals surface area (Å²) in [7, 11) is 0. The van der Waals surface area contributed by atoms with Crippen molar-refractivity contribution in [1.82, 2.24) is 19.7 Å². The Kier molecular flexibility index (Phi) is 7.05. The van der Waals surface area contributed by atoms with Crippen molar-refractivity contribution in [3.63, 3.8) is 0 Å². The highest BCUT2D eigenvalue weighted by atomic mass is 35.5. The Hall–Kier alpha value is -1.11. The average Bonchev–Trinajstić information content (AvgIpc) is 3.06. The fraction of sp³-hybridized carbons (Fsp3) is 0.667. The molecule has 0 aliphatic carbocycles. The van der Waals surface area contributed by atoms with Crippen molar-refractivity contribution in [2.75, 3.05) is 39.3 Å². The van der Waals surface area contributed by atoms with Gasteiger partial charge in [-0.15, -0.1) is 0 Å². The summed E-state index contributed by atoms with van der Waals surface area (Å²) in [6.45, 7) is 13.6. The number of piperazine rings is 1. The maximum atomic E-state index is 9.72. The van der Waals surface area contributed by atoms with Crippen LogP contribution in [0.3, 0.4) is 0 Å². The largest absolute Gasteiger partial charge is 0.396 e. The number of aliphatic hydroxyl groups excluding tert-OH is 1. The fourth-order valence-electron chi connectivity index (χ4n) is 5.45. The molecule has 2 aliphatic heterocycles. The molecule has 166 valence electrons. The number of aromatic amines is 1. The number of likely N-dealkylation sites (tertiary alicyclic amines) is 1. The third-order valence-corrected chi connectivity index (χ3v) is 7.62. The van der Waals surface area contributed by atoms with Gasteiger partial charge in [0.25, 0.3) is 0 Å². The van der Waals surface area contributed by atoms with Gasteiger partial charge >= 0.3 is 0 Å². The van der Waals surface area contributed by atoms with Gasteiger partial charge in [0, 0.05) is 62.0 Å². The second-order valence-electron chi connectivity index (χ2n) is 9.39. The fourth-order valence-corrected chi connectivity index (χ4v) is 5.67. The van der Waals surface area contributed by atoms with Gasteiger partial charge in [-0.3, -0.25) is 9.80 Å². The van der Waals surface area contributed by atoms with E-state index in [-0.39, 0.29) is 6.61 Å². The van der Waals surface area contributed by atoms with Crippen LogP contribution in [0.25, 0.3) is 10.9 Å². The van der Waals surface area contributed by atoms with Gasteiger partial charge in [-0.2, -0.15) is 0 Å². The van der Waals surface area contributed by atoms with Crippen molar-refractivity contribution >= 4 is 22.5 Å². The summed E-state index contributed by atoms with van der Waals surface area (Å²) in [6.07, 6.45) is 3.36. The van der Waals surface area contributed by atoms with Crippen LogP contribution in [0.15, 0.2) is 18.2 Å². The number of hydrogen-bond donors (Lipinski definition) is 2. The molecule has 4 rings (SSSR count). The molecule has 5 nitrogen and oxygen atoms in total. The van der Waals surface area contributed by atoms with E-state index in [1.807, 2.05) is 12.1 Å². The van der Waals surface area contributed by atoms with Crippen molar-refractivity contribution in [2.24, 2.45) is 0 Å². The molecule has 2 saturated heterocycles. The van der Waals surface area contributed by atoms with Crippen LogP contribution in [-0.4, -0.2) is 82.2 Å². The lowest BCUT2D eigenvalue weighted by Crippen LogP contribution is -2.58. The SMILES string of the molecule is Cc1c(CN2CCN(C3CCN(C(C)C)CC3)[C@H](CCO)C2)[nH]c2c(Cl)cccc12. The van der Waals surface area contributed by atoms with Crippen LogP contribution in [0.5, 0.6) is 0 Å². The Morgan fingerprint density at radius 3 is 2.60 bits per heavy atom. The predicted octanol–water partition coefficient (Wildman–Crippen LogP) is 3.87. The van der Waals surface area contributed by atoms with E-state index in [1.54, 1.807) is 0 Å². The maximum Gasteiger partial charge on any atom is 0.0648 e. The second-order valence-corrected chi connectivity index (χ2v) is 9.80. The molecule has 0 spiro atoms. The molecule has 0 saturated carbocycles. The lowest BCUT2D eigenvalue weighted by Gasteiger charge is -2.48. The first-order chi connectivity index (χ1) is 14.5. The van der Waals surface area contributed by atoms with Gasteiger partial charge in [0.15, 0.2) is 0 Å². The Morgan fingerprint density at radius 2 is 1.93 bits per heavy atom. The Labute approximate surface area is 186 Å². The number of benzene rings is 1. The monoisotopic (exact) mass is 432 g/mol. The van der Waals surface area contributed by atoms with Crippen LogP contribution in [0.2, 0.25) is 5.02 Å². The van der Waals surface area contributed by atoms with Crippen LogP contribution in [0.4, 0.5) is 0 Å². The van der Waals surface area contributed by atoms with E-state index in [2.05, 4.69) is 46.5 Å². The third kappa shape index (κ3) is 4.56. The Bertz CT molecular complexity index is 843. The normalized spacial score (nSPS) is 23.1. The van der Waals surface area contributed by atoms with E-state index in [1.165, 1.54) is 42.6 Å². The molecule has 1 aromatic carbocycles. The van der Waals surface area contributed by atoms with Crippen molar-refractivity contribution in [3.8, 4) is 0 Å². The topological polar surface area (TPSA) is 45.7 Å². The number of para-hydroxylation sites is 1. The van der Waals surface area contributed by atoms with Gasteiger partial charge in [0.05, 0.1) is 10.5 Å². The van der Waals surface area contributed by atoms with Crippen molar-refractivity contribution < 1.29 is 5.11 Å². The quantitative estimate of drug-likeness (QED) is 0.727. The first kappa shape index (κ1) is 22.1. The molecule has 2 aliphatic rings. The van der Waals surface area contributed by atoms with Gasteiger partial charge in [0.2, 0.25) is 0 Å². The highest BCUT2D eigenvalue weighted by Gasteiger charge is 2.34. The lowest BCUT2D eigenvalue weighted by atomic mass is 9.97. The number of aromatic nitrogens is 1. The van der Waals surface area contributed by atoms with Gasteiger partial charge in [-0.05, 0) is 64.8 Å². The minimum absolute atomic E-state index is 0.265. The number of halogens is 1. The molecule has 2 fully saturated rings.